The van der Waals surface area contributed by atoms with Crippen molar-refractivity contribution in [2.45, 2.75) is 62.9 Å². The van der Waals surface area contributed by atoms with Gasteiger partial charge < -0.3 is 5.32 Å². The molecule has 2 nitrogen and oxygen atoms in total. The Bertz CT molecular complexity index is 583. The van der Waals surface area contributed by atoms with E-state index in [9.17, 15) is 0 Å². The first kappa shape index (κ1) is 12.5. The summed E-state index contributed by atoms with van der Waals surface area (Å²) in [5.41, 5.74) is 4.09. The van der Waals surface area contributed by atoms with E-state index in [0.29, 0.717) is 16.9 Å². The highest BCUT2D eigenvalue weighted by Gasteiger charge is 2.63. The molecule has 112 valence electrons. The maximum Gasteiger partial charge on any atom is 0.0520 e. The zero-order valence-corrected chi connectivity index (χ0v) is 13.1. The Kier molecular flexibility index (Phi) is 2.41. The molecule has 4 atom stereocenters. The molecule has 2 bridgehead atoms. The van der Waals surface area contributed by atoms with Crippen LogP contribution in [0.2, 0.25) is 0 Å². The van der Waals surface area contributed by atoms with E-state index in [4.69, 9.17) is 0 Å². The number of hydrogen-bond acceptors (Lipinski definition) is 2. The van der Waals surface area contributed by atoms with Crippen LogP contribution < -0.4 is 5.32 Å². The molecule has 3 heterocycles. The number of hydrogen-bond donors (Lipinski definition) is 1. The lowest BCUT2D eigenvalue weighted by Gasteiger charge is -2.63. The molecule has 5 rings (SSSR count). The van der Waals surface area contributed by atoms with Crippen LogP contribution in [-0.2, 0) is 5.41 Å². The lowest BCUT2D eigenvalue weighted by molar-refractivity contribution is -0.0853. The molecule has 2 heteroatoms. The van der Waals surface area contributed by atoms with Crippen LogP contribution in [0, 0.1) is 5.41 Å². The summed E-state index contributed by atoms with van der Waals surface area (Å²) in [6.45, 7) is 5.09. The summed E-state index contributed by atoms with van der Waals surface area (Å²) in [6, 6.07) is 10.6. The summed E-state index contributed by atoms with van der Waals surface area (Å²) in [5, 5.41) is 3.98. The normalized spacial score (nSPS) is 43.9. The zero-order valence-electron chi connectivity index (χ0n) is 13.1. The van der Waals surface area contributed by atoms with Crippen molar-refractivity contribution >= 4 is 5.69 Å². The molecular weight excluding hydrogens is 256 g/mol. The lowest BCUT2D eigenvalue weighted by atomic mass is 9.51. The molecule has 0 unspecified atom stereocenters. The van der Waals surface area contributed by atoms with Gasteiger partial charge in [-0.15, -0.1) is 0 Å². The predicted molar refractivity (Wildman–Crippen MR) is 86.7 cm³/mol. The molecule has 1 N–H and O–H groups in total. The molecule has 1 saturated carbocycles. The highest BCUT2D eigenvalue weighted by Crippen LogP contribution is 2.61. The summed E-state index contributed by atoms with van der Waals surface area (Å²) in [4.78, 5) is 2.84. The van der Waals surface area contributed by atoms with Gasteiger partial charge in [0.15, 0.2) is 0 Å². The largest absolute Gasteiger partial charge is 0.380 e. The van der Waals surface area contributed by atoms with Gasteiger partial charge in [0.1, 0.15) is 0 Å². The molecule has 0 radical (unpaired) electrons. The van der Waals surface area contributed by atoms with E-state index in [2.05, 4.69) is 41.4 Å². The molecule has 1 aromatic rings. The number of rotatable bonds is 1. The van der Waals surface area contributed by atoms with Gasteiger partial charge in [-0.2, -0.15) is 0 Å². The summed E-state index contributed by atoms with van der Waals surface area (Å²) in [6.07, 6.45) is 8.43. The molecule has 21 heavy (non-hydrogen) atoms. The van der Waals surface area contributed by atoms with Gasteiger partial charge in [0.05, 0.1) is 6.04 Å². The number of nitrogens with zero attached hydrogens (tertiary/aromatic N) is 1. The second kappa shape index (κ2) is 4.04. The van der Waals surface area contributed by atoms with E-state index in [0.717, 1.165) is 6.04 Å². The van der Waals surface area contributed by atoms with Crippen LogP contribution in [0.5, 0.6) is 0 Å². The molecule has 0 aromatic heterocycles. The van der Waals surface area contributed by atoms with Crippen molar-refractivity contribution in [3.8, 4) is 0 Å². The maximum atomic E-state index is 3.98. The van der Waals surface area contributed by atoms with E-state index in [1.807, 2.05) is 0 Å². The summed E-state index contributed by atoms with van der Waals surface area (Å²) >= 11 is 0. The molecule has 3 aliphatic heterocycles. The van der Waals surface area contributed by atoms with Crippen molar-refractivity contribution in [2.75, 3.05) is 18.4 Å². The van der Waals surface area contributed by atoms with Crippen molar-refractivity contribution in [2.24, 2.45) is 5.41 Å². The van der Waals surface area contributed by atoms with Crippen LogP contribution >= 0.6 is 0 Å². The number of nitrogens with one attached hydrogen (secondary N) is 1. The van der Waals surface area contributed by atoms with Crippen LogP contribution in [0.4, 0.5) is 5.69 Å². The van der Waals surface area contributed by atoms with Gasteiger partial charge in [-0.1, -0.05) is 25.1 Å². The van der Waals surface area contributed by atoms with Crippen molar-refractivity contribution in [3.63, 3.8) is 0 Å². The van der Waals surface area contributed by atoms with Gasteiger partial charge in [0.2, 0.25) is 0 Å². The van der Waals surface area contributed by atoms with Gasteiger partial charge >= 0.3 is 0 Å². The molecule has 3 fully saturated rings. The third-order valence-corrected chi connectivity index (χ3v) is 7.44. The average Bonchev–Trinajstić information content (AvgIpc) is 2.89. The van der Waals surface area contributed by atoms with Gasteiger partial charge in [-0.25, -0.2) is 0 Å². The minimum Gasteiger partial charge on any atom is -0.380 e. The first-order valence-electron chi connectivity index (χ1n) is 8.89. The fourth-order valence-corrected chi connectivity index (χ4v) is 6.38. The number of para-hydroxylation sites is 1. The predicted octanol–water partition coefficient (Wildman–Crippen LogP) is 3.78. The van der Waals surface area contributed by atoms with Gasteiger partial charge in [-0.3, -0.25) is 4.90 Å². The lowest BCUT2D eigenvalue weighted by Crippen LogP contribution is -2.70. The topological polar surface area (TPSA) is 15.3 Å². The Morgan fingerprint density at radius 2 is 2.05 bits per heavy atom. The highest BCUT2D eigenvalue weighted by atomic mass is 15.2. The minimum atomic E-state index is 0.438. The number of benzene rings is 1. The van der Waals surface area contributed by atoms with E-state index in [1.54, 1.807) is 5.56 Å². The number of piperidine rings is 2. The Balaban J connectivity index is 1.66. The van der Waals surface area contributed by atoms with Crippen molar-refractivity contribution < 1.29 is 0 Å². The van der Waals surface area contributed by atoms with E-state index in [-0.39, 0.29) is 0 Å². The monoisotopic (exact) mass is 282 g/mol. The smallest absolute Gasteiger partial charge is 0.0520 e. The van der Waals surface area contributed by atoms with Gasteiger partial charge in [-0.05, 0) is 68.7 Å². The Morgan fingerprint density at radius 1 is 1.14 bits per heavy atom. The molecule has 0 amide bonds. The molecule has 0 spiro atoms. The average molecular weight is 282 g/mol. The second-order valence-electron chi connectivity index (χ2n) is 7.87. The third kappa shape index (κ3) is 1.38. The molecule has 2 saturated heterocycles. The first-order valence-corrected chi connectivity index (χ1v) is 8.89. The summed E-state index contributed by atoms with van der Waals surface area (Å²) in [5.74, 6) is 0. The van der Waals surface area contributed by atoms with E-state index in [1.165, 1.54) is 57.3 Å². The SMILES string of the molecule is CC[C@]12CCCN3CC[C@@]4(CC1)c1ccccc1N[C@@H]4[C@@H]32. The third-order valence-electron chi connectivity index (χ3n) is 7.44. The first-order chi connectivity index (χ1) is 10.3. The molecule has 4 aliphatic rings. The maximum absolute atomic E-state index is 3.98. The summed E-state index contributed by atoms with van der Waals surface area (Å²) < 4.78 is 0. The highest BCUT2D eigenvalue weighted by molar-refractivity contribution is 5.64. The minimum absolute atomic E-state index is 0.438. The standard InChI is InChI=1S/C19H26N2/c1-2-18-8-5-12-21-13-11-19(10-9-18)14-6-3-4-7-15(14)20-16(19)17(18)21/h3-4,6-7,16-17,20H,2,5,8-13H2,1H3/t16-,17-,18+,19+/m1/s1. The van der Waals surface area contributed by atoms with Crippen LogP contribution in [-0.4, -0.2) is 30.1 Å². The summed E-state index contributed by atoms with van der Waals surface area (Å²) in [7, 11) is 0. The van der Waals surface area contributed by atoms with Crippen LogP contribution in [0.25, 0.3) is 0 Å². The molecule has 1 aromatic carbocycles. The quantitative estimate of drug-likeness (QED) is 0.843. The van der Waals surface area contributed by atoms with Crippen LogP contribution in [0.1, 0.15) is 51.0 Å². The molecular formula is C19H26N2. The zero-order chi connectivity index (χ0) is 14.1. The van der Waals surface area contributed by atoms with Crippen LogP contribution in [0.3, 0.4) is 0 Å². The fraction of sp³-hybridized carbons (Fsp3) is 0.684. The number of fused-ring (bicyclic) bond motifs is 1. The molecule has 1 aliphatic carbocycles. The second-order valence-corrected chi connectivity index (χ2v) is 7.87. The van der Waals surface area contributed by atoms with E-state index < -0.39 is 0 Å². The Hall–Kier alpha value is -1.02. The fourth-order valence-electron chi connectivity index (χ4n) is 6.38. The van der Waals surface area contributed by atoms with Crippen LogP contribution in [0.15, 0.2) is 24.3 Å². The van der Waals surface area contributed by atoms with Gasteiger partial charge in [0, 0.05) is 17.1 Å². The van der Waals surface area contributed by atoms with Crippen molar-refractivity contribution in [1.82, 2.24) is 4.90 Å². The van der Waals surface area contributed by atoms with Crippen molar-refractivity contribution in [3.05, 3.63) is 29.8 Å². The van der Waals surface area contributed by atoms with Gasteiger partial charge in [0.25, 0.3) is 0 Å². The Morgan fingerprint density at radius 3 is 2.95 bits per heavy atom. The van der Waals surface area contributed by atoms with Crippen molar-refractivity contribution in [1.29, 1.82) is 0 Å². The Labute approximate surface area is 127 Å². The van der Waals surface area contributed by atoms with E-state index >= 15 is 0 Å². The number of anilines is 1.